The Morgan fingerprint density at radius 1 is 1.10 bits per heavy atom. The highest BCUT2D eigenvalue weighted by atomic mass is 35.6. The van der Waals surface area contributed by atoms with Crippen molar-refractivity contribution < 1.29 is 19.1 Å². The molecule has 3 rings (SSSR count). The van der Waals surface area contributed by atoms with Crippen molar-refractivity contribution in [3.8, 4) is 11.5 Å². The molecule has 3 unspecified atom stereocenters. The lowest BCUT2D eigenvalue weighted by Crippen LogP contribution is -2.28. The molecular weight excluding hydrogens is 481 g/mol. The van der Waals surface area contributed by atoms with Gasteiger partial charge in [0.2, 0.25) is 6.10 Å². The summed E-state index contributed by atoms with van der Waals surface area (Å²) in [6.45, 7) is 3.81. The van der Waals surface area contributed by atoms with Crippen molar-refractivity contribution in [1.82, 2.24) is 4.72 Å². The molecule has 1 aliphatic carbocycles. The summed E-state index contributed by atoms with van der Waals surface area (Å²) < 4.78 is 12.2. The molecule has 1 amide bonds. The highest BCUT2D eigenvalue weighted by Gasteiger charge is 2.64. The number of para-hydroxylation sites is 1. The van der Waals surface area contributed by atoms with E-state index in [2.05, 4.69) is 17.5 Å². The second-order valence-corrected chi connectivity index (χ2v) is 10.7. The van der Waals surface area contributed by atoms with Gasteiger partial charge in [-0.3, -0.25) is 14.3 Å². The second-order valence-electron chi connectivity index (χ2n) is 8.01. The fourth-order valence-corrected chi connectivity index (χ4v) is 4.35. The van der Waals surface area contributed by atoms with Gasteiger partial charge < -0.3 is 9.47 Å². The first kappa shape index (κ1) is 24.1. The van der Waals surface area contributed by atoms with Crippen LogP contribution in [0, 0.1) is 17.3 Å². The number of rotatable bonds is 7. The third kappa shape index (κ3) is 6.01. The summed E-state index contributed by atoms with van der Waals surface area (Å²) in [5.74, 6) is -0.619. The summed E-state index contributed by atoms with van der Waals surface area (Å²) in [5, 5.41) is 0. The van der Waals surface area contributed by atoms with Gasteiger partial charge in [0.05, 0.1) is 5.92 Å². The summed E-state index contributed by atoms with van der Waals surface area (Å²) in [4.78, 5) is 25.4. The minimum atomic E-state index is -1.47. The molecule has 0 saturated heterocycles. The quantitative estimate of drug-likeness (QED) is 0.274. The molecule has 2 aromatic rings. The molecule has 1 aliphatic rings. The van der Waals surface area contributed by atoms with Crippen LogP contribution in [0.5, 0.6) is 11.5 Å². The number of amides is 1. The fourth-order valence-electron chi connectivity index (χ4n) is 3.73. The van der Waals surface area contributed by atoms with Crippen molar-refractivity contribution in [3.05, 3.63) is 60.2 Å². The maximum absolute atomic E-state index is 12.9. The monoisotopic (exact) mass is 501 g/mol. The lowest BCUT2D eigenvalue weighted by atomic mass is 10.1. The zero-order chi connectivity index (χ0) is 22.8. The van der Waals surface area contributed by atoms with Gasteiger partial charge in [-0.2, -0.15) is 0 Å². The highest BCUT2D eigenvalue weighted by Crippen LogP contribution is 2.63. The molecule has 1 saturated carbocycles. The largest absolute Gasteiger partial charge is 0.457 e. The summed E-state index contributed by atoms with van der Waals surface area (Å²) in [7, 11) is 0. The first-order chi connectivity index (χ1) is 14.5. The average molecular weight is 503 g/mol. The van der Waals surface area contributed by atoms with E-state index in [1.165, 1.54) is 0 Å². The second kappa shape index (κ2) is 9.49. The van der Waals surface area contributed by atoms with Gasteiger partial charge in [0.15, 0.2) is 3.79 Å². The predicted octanol–water partition coefficient (Wildman–Crippen LogP) is 6.06. The van der Waals surface area contributed by atoms with Crippen molar-refractivity contribution in [1.29, 1.82) is 0 Å². The Morgan fingerprint density at radius 2 is 1.74 bits per heavy atom. The Bertz CT molecular complexity index is 949. The minimum absolute atomic E-state index is 0.167. The molecule has 2 aromatic carbocycles. The van der Waals surface area contributed by atoms with Crippen LogP contribution in [-0.4, -0.2) is 15.7 Å². The molecule has 1 N–H and O–H groups in total. The molecule has 0 radical (unpaired) electrons. The van der Waals surface area contributed by atoms with E-state index in [0.717, 1.165) is 0 Å². The number of carbonyl (C=O) groups is 2. The Morgan fingerprint density at radius 3 is 2.35 bits per heavy atom. The molecule has 0 heterocycles. The zero-order valence-electron chi connectivity index (χ0n) is 16.8. The van der Waals surface area contributed by atoms with Gasteiger partial charge in [-0.25, -0.2) is 0 Å². The molecule has 0 aliphatic heterocycles. The van der Waals surface area contributed by atoms with Crippen LogP contribution < -0.4 is 9.46 Å². The summed E-state index contributed by atoms with van der Waals surface area (Å²) in [6, 6.07) is 16.0. The normalized spacial score (nSPS) is 20.5. The Balaban J connectivity index is 1.78. The molecule has 0 aromatic heterocycles. The van der Waals surface area contributed by atoms with Gasteiger partial charge >= 0.3 is 5.97 Å². The number of alkyl halides is 3. The van der Waals surface area contributed by atoms with E-state index >= 15 is 0 Å². The first-order valence-electron chi connectivity index (χ1n) is 9.57. The fraction of sp³-hybridized carbons (Fsp3) is 0.364. The van der Waals surface area contributed by atoms with Gasteiger partial charge in [0, 0.05) is 5.56 Å². The van der Waals surface area contributed by atoms with Gasteiger partial charge in [-0.1, -0.05) is 91.8 Å². The number of ether oxygens (including phenoxy) is 2. The maximum Gasteiger partial charge on any atom is 0.310 e. The van der Waals surface area contributed by atoms with Crippen LogP contribution in [0.1, 0.15) is 31.9 Å². The van der Waals surface area contributed by atoms with Crippen molar-refractivity contribution in [2.75, 3.05) is 0 Å². The lowest BCUT2D eigenvalue weighted by Gasteiger charge is -2.18. The van der Waals surface area contributed by atoms with Gasteiger partial charge in [0.1, 0.15) is 11.5 Å². The standard InChI is InChI=1S/C22H22Cl3NO4S/c1-21(2)16(12-22(23,24)25)17(21)20(28)30-18(19(27)26-31)13-7-6-10-15(11-13)29-14-8-4-3-5-9-14/h3-11,16-18,31H,12H2,1-2H3,(H,26,27). The van der Waals surface area contributed by atoms with E-state index < -0.39 is 33.1 Å². The number of benzene rings is 2. The molecular formula is C22H22Cl3NO4S. The average Bonchev–Trinajstić information content (AvgIpc) is 3.24. The Labute approximate surface area is 201 Å². The van der Waals surface area contributed by atoms with E-state index in [9.17, 15) is 9.59 Å². The number of hydrogen-bond acceptors (Lipinski definition) is 5. The highest BCUT2D eigenvalue weighted by molar-refractivity contribution is 7.78. The number of nitrogens with one attached hydrogen (secondary N) is 1. The minimum Gasteiger partial charge on any atom is -0.457 e. The van der Waals surface area contributed by atoms with E-state index in [1.807, 2.05) is 44.2 Å². The van der Waals surface area contributed by atoms with Gasteiger partial charge in [-0.15, -0.1) is 0 Å². The van der Waals surface area contributed by atoms with Crippen LogP contribution in [0.2, 0.25) is 0 Å². The zero-order valence-corrected chi connectivity index (χ0v) is 20.0. The number of thiol groups is 1. The number of esters is 1. The van der Waals surface area contributed by atoms with Gasteiger partial charge in [-0.05, 0) is 42.0 Å². The van der Waals surface area contributed by atoms with Crippen molar-refractivity contribution >= 4 is 59.5 Å². The van der Waals surface area contributed by atoms with Crippen LogP contribution in [0.15, 0.2) is 54.6 Å². The smallest absolute Gasteiger partial charge is 0.310 e. The molecule has 166 valence electrons. The topological polar surface area (TPSA) is 64.6 Å². The first-order valence-corrected chi connectivity index (χ1v) is 11.1. The SMILES string of the molecule is CC1(C)C(CC(Cl)(Cl)Cl)C1C(=O)OC(C(=O)NS)c1cccc(Oc2ccccc2)c1. The van der Waals surface area contributed by atoms with Crippen LogP contribution in [-0.2, 0) is 14.3 Å². The third-order valence-electron chi connectivity index (χ3n) is 5.48. The maximum atomic E-state index is 12.9. The third-order valence-corrected chi connectivity index (χ3v) is 6.16. The number of carbonyl (C=O) groups excluding carboxylic acids is 2. The van der Waals surface area contributed by atoms with E-state index in [1.54, 1.807) is 24.3 Å². The molecule has 9 heteroatoms. The molecule has 1 fully saturated rings. The molecule has 0 bridgehead atoms. The molecule has 31 heavy (non-hydrogen) atoms. The van der Waals surface area contributed by atoms with Crippen molar-refractivity contribution in [3.63, 3.8) is 0 Å². The number of halogens is 3. The summed E-state index contributed by atoms with van der Waals surface area (Å²) in [6.07, 6.45) is -0.983. The number of hydrogen-bond donors (Lipinski definition) is 2. The molecule has 0 spiro atoms. The summed E-state index contributed by atoms with van der Waals surface area (Å²) in [5.41, 5.74) is 0.0473. The Hall–Kier alpha value is -1.60. The van der Waals surface area contributed by atoms with Crippen LogP contribution in [0.4, 0.5) is 0 Å². The van der Waals surface area contributed by atoms with Crippen LogP contribution in [0.3, 0.4) is 0 Å². The van der Waals surface area contributed by atoms with Crippen molar-refractivity contribution in [2.45, 2.75) is 30.2 Å². The van der Waals surface area contributed by atoms with Crippen molar-refractivity contribution in [2.24, 2.45) is 17.3 Å². The van der Waals surface area contributed by atoms with E-state index in [4.69, 9.17) is 44.3 Å². The van der Waals surface area contributed by atoms with E-state index in [-0.39, 0.29) is 12.3 Å². The van der Waals surface area contributed by atoms with Crippen LogP contribution in [0.25, 0.3) is 0 Å². The van der Waals surface area contributed by atoms with Crippen LogP contribution >= 0.6 is 47.6 Å². The lowest BCUT2D eigenvalue weighted by molar-refractivity contribution is -0.158. The van der Waals surface area contributed by atoms with Gasteiger partial charge in [0.25, 0.3) is 5.91 Å². The summed E-state index contributed by atoms with van der Waals surface area (Å²) >= 11 is 21.6. The molecule has 3 atom stereocenters. The van der Waals surface area contributed by atoms with E-state index in [0.29, 0.717) is 17.1 Å². The Kier molecular flexibility index (Phi) is 7.36. The predicted molar refractivity (Wildman–Crippen MR) is 125 cm³/mol. The molecule has 5 nitrogen and oxygen atoms in total.